The van der Waals surface area contributed by atoms with Crippen LogP contribution in [0.3, 0.4) is 0 Å². The highest BCUT2D eigenvalue weighted by atomic mass is 16.5. The van der Waals surface area contributed by atoms with Crippen molar-refractivity contribution in [3.05, 3.63) is 42.5 Å². The summed E-state index contributed by atoms with van der Waals surface area (Å²) in [5, 5.41) is 2.41. The molecular weight excluding hydrogens is 310 g/mol. The molecule has 6 heteroatoms. The average molecular weight is 329 g/mol. The van der Waals surface area contributed by atoms with Gasteiger partial charge in [0.05, 0.1) is 32.2 Å². The standard InChI is InChI=1S/C18H19NO5/c1-22-13-7-5-8-14(23-2)15(13)24-11-10-18-9-4-3-6-12(18)16(20)19-17(18)21/h3-9,12H,10-11H2,1-2H3,(H,19,20,21). The molecule has 0 bridgehead atoms. The van der Waals surface area contributed by atoms with Crippen LogP contribution in [0, 0.1) is 11.3 Å². The molecule has 1 aromatic carbocycles. The van der Waals surface area contributed by atoms with E-state index in [4.69, 9.17) is 14.2 Å². The molecule has 2 amide bonds. The number of para-hydroxylation sites is 1. The molecule has 1 saturated heterocycles. The molecule has 6 nitrogen and oxygen atoms in total. The van der Waals surface area contributed by atoms with E-state index in [-0.39, 0.29) is 18.4 Å². The number of amides is 2. The van der Waals surface area contributed by atoms with Gasteiger partial charge in [-0.15, -0.1) is 0 Å². The number of nitrogens with one attached hydrogen (secondary N) is 1. The SMILES string of the molecule is COc1cccc(OC)c1OCCC12C=CC=CC1C(=O)NC2=O. The highest BCUT2D eigenvalue weighted by molar-refractivity contribution is 6.09. The van der Waals surface area contributed by atoms with Crippen molar-refractivity contribution in [3.63, 3.8) is 0 Å². The second-order valence-corrected chi connectivity index (χ2v) is 5.67. The predicted molar refractivity (Wildman–Crippen MR) is 87.0 cm³/mol. The molecule has 0 radical (unpaired) electrons. The first-order valence-electron chi connectivity index (χ1n) is 7.67. The van der Waals surface area contributed by atoms with Gasteiger partial charge in [-0.3, -0.25) is 14.9 Å². The van der Waals surface area contributed by atoms with Crippen LogP contribution in [0.15, 0.2) is 42.5 Å². The van der Waals surface area contributed by atoms with Crippen LogP contribution in [0.2, 0.25) is 0 Å². The Balaban J connectivity index is 1.77. The molecule has 126 valence electrons. The molecule has 3 rings (SSSR count). The van der Waals surface area contributed by atoms with Crippen molar-refractivity contribution in [2.45, 2.75) is 6.42 Å². The van der Waals surface area contributed by atoms with E-state index in [2.05, 4.69) is 5.32 Å². The van der Waals surface area contributed by atoms with E-state index in [1.54, 1.807) is 56.7 Å². The van der Waals surface area contributed by atoms with Crippen molar-refractivity contribution in [1.29, 1.82) is 0 Å². The molecule has 1 fully saturated rings. The molecule has 1 aromatic rings. The second-order valence-electron chi connectivity index (χ2n) is 5.67. The number of carbonyl (C=O) groups excluding carboxylic acids is 2. The van der Waals surface area contributed by atoms with Gasteiger partial charge < -0.3 is 14.2 Å². The van der Waals surface area contributed by atoms with E-state index < -0.39 is 11.3 Å². The number of benzene rings is 1. The number of fused-ring (bicyclic) bond motifs is 1. The summed E-state index contributed by atoms with van der Waals surface area (Å²) < 4.78 is 16.4. The molecule has 2 atom stereocenters. The zero-order chi connectivity index (χ0) is 17.2. The smallest absolute Gasteiger partial charge is 0.237 e. The van der Waals surface area contributed by atoms with Crippen molar-refractivity contribution >= 4 is 11.8 Å². The van der Waals surface area contributed by atoms with E-state index in [1.807, 2.05) is 0 Å². The minimum Gasteiger partial charge on any atom is -0.493 e. The van der Waals surface area contributed by atoms with Crippen LogP contribution in [0.25, 0.3) is 0 Å². The minimum atomic E-state index is -0.888. The van der Waals surface area contributed by atoms with Crippen LogP contribution in [-0.4, -0.2) is 32.6 Å². The minimum absolute atomic E-state index is 0.242. The molecule has 0 spiro atoms. The van der Waals surface area contributed by atoms with Gasteiger partial charge in [-0.25, -0.2) is 0 Å². The third kappa shape index (κ3) is 2.54. The monoisotopic (exact) mass is 329 g/mol. The van der Waals surface area contributed by atoms with E-state index >= 15 is 0 Å². The molecule has 0 saturated carbocycles. The Bertz CT molecular complexity index is 702. The average Bonchev–Trinajstić information content (AvgIpc) is 2.86. The summed E-state index contributed by atoms with van der Waals surface area (Å²) in [7, 11) is 3.10. The summed E-state index contributed by atoms with van der Waals surface area (Å²) in [4.78, 5) is 24.3. The number of ether oxygens (including phenoxy) is 3. The Morgan fingerprint density at radius 2 is 1.83 bits per heavy atom. The summed E-state index contributed by atoms with van der Waals surface area (Å²) in [5.74, 6) is 0.543. The number of allylic oxidation sites excluding steroid dienone is 2. The number of carbonyl (C=O) groups is 2. The van der Waals surface area contributed by atoms with Crippen LogP contribution < -0.4 is 19.5 Å². The third-order valence-electron chi connectivity index (χ3n) is 4.45. The highest BCUT2D eigenvalue weighted by Gasteiger charge is 2.52. The molecule has 1 aliphatic heterocycles. The summed E-state index contributed by atoms with van der Waals surface area (Å²) in [5.41, 5.74) is -0.888. The number of hydrogen-bond acceptors (Lipinski definition) is 5. The summed E-state index contributed by atoms with van der Waals surface area (Å²) in [6.07, 6.45) is 7.48. The van der Waals surface area contributed by atoms with Gasteiger partial charge in [0.15, 0.2) is 11.5 Å². The Labute approximate surface area is 140 Å². The Kier molecular flexibility index (Phi) is 4.29. The summed E-state index contributed by atoms with van der Waals surface area (Å²) in [6.45, 7) is 0.242. The number of methoxy groups -OCH3 is 2. The molecule has 2 aliphatic rings. The molecular formula is C18H19NO5. The molecule has 0 aromatic heterocycles. The molecule has 1 heterocycles. The van der Waals surface area contributed by atoms with Crippen LogP contribution in [0.5, 0.6) is 17.2 Å². The predicted octanol–water partition coefficient (Wildman–Crippen LogP) is 1.86. The third-order valence-corrected chi connectivity index (χ3v) is 4.45. The normalized spacial score (nSPS) is 24.5. The Hall–Kier alpha value is -2.76. The fraction of sp³-hybridized carbons (Fsp3) is 0.333. The lowest BCUT2D eigenvalue weighted by Gasteiger charge is -2.28. The molecule has 1 aliphatic carbocycles. The maximum Gasteiger partial charge on any atom is 0.237 e. The van der Waals surface area contributed by atoms with Crippen molar-refractivity contribution in [3.8, 4) is 17.2 Å². The van der Waals surface area contributed by atoms with Crippen molar-refractivity contribution in [2.75, 3.05) is 20.8 Å². The second kappa shape index (κ2) is 6.39. The van der Waals surface area contributed by atoms with Gasteiger partial charge in [0.1, 0.15) is 0 Å². The number of hydrogen-bond donors (Lipinski definition) is 1. The van der Waals surface area contributed by atoms with Gasteiger partial charge >= 0.3 is 0 Å². The quantitative estimate of drug-likeness (QED) is 0.807. The van der Waals surface area contributed by atoms with Crippen molar-refractivity contribution in [2.24, 2.45) is 11.3 Å². The van der Waals surface area contributed by atoms with Gasteiger partial charge in [0.25, 0.3) is 0 Å². The molecule has 24 heavy (non-hydrogen) atoms. The van der Waals surface area contributed by atoms with Crippen molar-refractivity contribution in [1.82, 2.24) is 5.32 Å². The first-order valence-corrected chi connectivity index (χ1v) is 7.67. The summed E-state index contributed by atoms with van der Waals surface area (Å²) >= 11 is 0. The maximum atomic E-state index is 12.3. The van der Waals surface area contributed by atoms with Crippen LogP contribution in [0.4, 0.5) is 0 Å². The molecule has 2 unspecified atom stereocenters. The first kappa shape index (κ1) is 16.1. The molecule has 1 N–H and O–H groups in total. The van der Waals surface area contributed by atoms with E-state index in [0.29, 0.717) is 23.7 Å². The van der Waals surface area contributed by atoms with Gasteiger partial charge in [0.2, 0.25) is 17.6 Å². The lowest BCUT2D eigenvalue weighted by molar-refractivity contribution is -0.127. The summed E-state index contributed by atoms with van der Waals surface area (Å²) in [6, 6.07) is 5.35. The Morgan fingerprint density at radius 3 is 2.50 bits per heavy atom. The fourth-order valence-electron chi connectivity index (χ4n) is 3.16. The van der Waals surface area contributed by atoms with Crippen LogP contribution >= 0.6 is 0 Å². The number of imide groups is 1. The zero-order valence-electron chi connectivity index (χ0n) is 13.6. The van der Waals surface area contributed by atoms with Crippen molar-refractivity contribution < 1.29 is 23.8 Å². The lowest BCUT2D eigenvalue weighted by atomic mass is 9.72. The maximum absolute atomic E-state index is 12.3. The van der Waals surface area contributed by atoms with E-state index in [1.165, 1.54) is 0 Å². The van der Waals surface area contributed by atoms with Gasteiger partial charge in [-0.05, 0) is 12.1 Å². The Morgan fingerprint density at radius 1 is 1.12 bits per heavy atom. The van der Waals surface area contributed by atoms with Gasteiger partial charge in [0, 0.05) is 6.42 Å². The van der Waals surface area contributed by atoms with Crippen LogP contribution in [0.1, 0.15) is 6.42 Å². The van der Waals surface area contributed by atoms with Gasteiger partial charge in [-0.1, -0.05) is 30.4 Å². The largest absolute Gasteiger partial charge is 0.493 e. The first-order chi connectivity index (χ1) is 11.6. The fourth-order valence-corrected chi connectivity index (χ4v) is 3.16. The van der Waals surface area contributed by atoms with Crippen LogP contribution in [-0.2, 0) is 9.59 Å². The zero-order valence-corrected chi connectivity index (χ0v) is 13.6. The lowest BCUT2D eigenvalue weighted by Crippen LogP contribution is -2.35. The van der Waals surface area contributed by atoms with E-state index in [9.17, 15) is 9.59 Å². The van der Waals surface area contributed by atoms with E-state index in [0.717, 1.165) is 0 Å². The highest BCUT2D eigenvalue weighted by Crippen LogP contribution is 2.42. The topological polar surface area (TPSA) is 73.9 Å². The van der Waals surface area contributed by atoms with Gasteiger partial charge in [-0.2, -0.15) is 0 Å². The number of rotatable bonds is 6.